The lowest BCUT2D eigenvalue weighted by molar-refractivity contribution is -0.121. The lowest BCUT2D eigenvalue weighted by Crippen LogP contribution is -2.43. The number of anilines is 1. The van der Waals surface area contributed by atoms with Crippen molar-refractivity contribution in [3.63, 3.8) is 0 Å². The number of hydrogen-bond acceptors (Lipinski definition) is 2. The van der Waals surface area contributed by atoms with Crippen LogP contribution in [0.5, 0.6) is 0 Å². The van der Waals surface area contributed by atoms with E-state index in [0.29, 0.717) is 23.7 Å². The van der Waals surface area contributed by atoms with Gasteiger partial charge in [0.25, 0.3) is 5.91 Å². The Morgan fingerprint density at radius 1 is 1.16 bits per heavy atom. The maximum atomic E-state index is 12.7. The number of piperidine rings is 1. The van der Waals surface area contributed by atoms with Gasteiger partial charge >= 0.3 is 0 Å². The van der Waals surface area contributed by atoms with Gasteiger partial charge in [-0.25, -0.2) is 0 Å². The van der Waals surface area contributed by atoms with Crippen molar-refractivity contribution in [1.82, 2.24) is 4.90 Å². The minimum atomic E-state index is -0.196. The van der Waals surface area contributed by atoms with Crippen molar-refractivity contribution in [2.75, 3.05) is 18.4 Å². The highest BCUT2D eigenvalue weighted by Gasteiger charge is 2.29. The Morgan fingerprint density at radius 3 is 2.64 bits per heavy atom. The Balaban J connectivity index is 1.65. The highest BCUT2D eigenvalue weighted by molar-refractivity contribution is 6.30. The van der Waals surface area contributed by atoms with E-state index in [1.54, 1.807) is 29.2 Å². The molecule has 1 N–H and O–H groups in total. The van der Waals surface area contributed by atoms with Crippen LogP contribution in [0.25, 0.3) is 0 Å². The quantitative estimate of drug-likeness (QED) is 0.898. The first-order valence-electron chi connectivity index (χ1n) is 8.45. The monoisotopic (exact) mass is 356 g/mol. The fraction of sp³-hybridized carbons (Fsp3) is 0.300. The van der Waals surface area contributed by atoms with Gasteiger partial charge in [0.05, 0.1) is 5.92 Å². The number of hydrogen-bond donors (Lipinski definition) is 1. The van der Waals surface area contributed by atoms with Crippen LogP contribution in [0.1, 0.15) is 28.8 Å². The summed E-state index contributed by atoms with van der Waals surface area (Å²) in [5.74, 6) is -0.255. The molecule has 1 aliphatic heterocycles. The second-order valence-electron chi connectivity index (χ2n) is 6.46. The van der Waals surface area contributed by atoms with E-state index in [1.807, 2.05) is 31.2 Å². The van der Waals surface area contributed by atoms with E-state index in [1.165, 1.54) is 0 Å². The molecule has 2 aromatic rings. The van der Waals surface area contributed by atoms with Gasteiger partial charge in [0.15, 0.2) is 0 Å². The van der Waals surface area contributed by atoms with E-state index in [4.69, 9.17) is 11.6 Å². The first-order chi connectivity index (χ1) is 12.0. The number of aryl methyl sites for hydroxylation is 1. The minimum Gasteiger partial charge on any atom is -0.338 e. The van der Waals surface area contributed by atoms with Crippen molar-refractivity contribution in [1.29, 1.82) is 0 Å². The number of carbonyl (C=O) groups excluding carboxylic acids is 2. The summed E-state index contributed by atoms with van der Waals surface area (Å²) in [5, 5.41) is 3.54. The molecule has 1 atom stereocenters. The van der Waals surface area contributed by atoms with Crippen LogP contribution in [-0.4, -0.2) is 29.8 Å². The SMILES string of the molecule is Cc1cccc(C(=O)N2CCC[C@@H](C(=O)Nc3ccc(Cl)cc3)C2)c1. The van der Waals surface area contributed by atoms with Crippen molar-refractivity contribution in [2.24, 2.45) is 5.92 Å². The van der Waals surface area contributed by atoms with Crippen molar-refractivity contribution < 1.29 is 9.59 Å². The Bertz CT molecular complexity index is 774. The third-order valence-corrected chi connectivity index (χ3v) is 4.71. The predicted molar refractivity (Wildman–Crippen MR) is 99.9 cm³/mol. The molecule has 1 saturated heterocycles. The van der Waals surface area contributed by atoms with Crippen molar-refractivity contribution in [2.45, 2.75) is 19.8 Å². The molecule has 2 amide bonds. The molecule has 130 valence electrons. The normalized spacial score (nSPS) is 17.2. The highest BCUT2D eigenvalue weighted by Crippen LogP contribution is 2.21. The van der Waals surface area contributed by atoms with Gasteiger partial charge in [-0.3, -0.25) is 9.59 Å². The Morgan fingerprint density at radius 2 is 1.92 bits per heavy atom. The van der Waals surface area contributed by atoms with Crippen LogP contribution in [-0.2, 0) is 4.79 Å². The van der Waals surface area contributed by atoms with Gasteiger partial charge < -0.3 is 10.2 Å². The average molecular weight is 357 g/mol. The Labute approximate surface area is 152 Å². The average Bonchev–Trinajstić information content (AvgIpc) is 2.63. The largest absolute Gasteiger partial charge is 0.338 e. The van der Waals surface area contributed by atoms with Gasteiger partial charge in [-0.2, -0.15) is 0 Å². The molecule has 1 heterocycles. The number of nitrogens with zero attached hydrogens (tertiary/aromatic N) is 1. The zero-order valence-electron chi connectivity index (χ0n) is 14.2. The molecule has 0 bridgehead atoms. The summed E-state index contributed by atoms with van der Waals surface area (Å²) in [7, 11) is 0. The Kier molecular flexibility index (Phi) is 5.39. The van der Waals surface area contributed by atoms with Crippen molar-refractivity contribution in [3.8, 4) is 0 Å². The van der Waals surface area contributed by atoms with Crippen LogP contribution < -0.4 is 5.32 Å². The maximum Gasteiger partial charge on any atom is 0.253 e. The third-order valence-electron chi connectivity index (χ3n) is 4.46. The lowest BCUT2D eigenvalue weighted by Gasteiger charge is -2.32. The first kappa shape index (κ1) is 17.5. The number of rotatable bonds is 3. The van der Waals surface area contributed by atoms with Crippen LogP contribution in [0.4, 0.5) is 5.69 Å². The summed E-state index contributed by atoms with van der Waals surface area (Å²) in [6, 6.07) is 14.6. The topological polar surface area (TPSA) is 49.4 Å². The Hall–Kier alpha value is -2.33. The number of likely N-dealkylation sites (tertiary alicyclic amines) is 1. The second-order valence-corrected chi connectivity index (χ2v) is 6.89. The lowest BCUT2D eigenvalue weighted by atomic mass is 9.96. The zero-order valence-corrected chi connectivity index (χ0v) is 14.9. The number of carbonyl (C=O) groups is 2. The molecular weight excluding hydrogens is 336 g/mol. The third kappa shape index (κ3) is 4.40. The molecule has 1 fully saturated rings. The van der Waals surface area contributed by atoms with Gasteiger partial charge in [0.2, 0.25) is 5.91 Å². The van der Waals surface area contributed by atoms with Gasteiger partial charge in [0, 0.05) is 29.4 Å². The predicted octanol–water partition coefficient (Wildman–Crippen LogP) is 4.14. The van der Waals surface area contributed by atoms with E-state index in [-0.39, 0.29) is 17.7 Å². The van der Waals surface area contributed by atoms with Gasteiger partial charge in [-0.05, 0) is 56.2 Å². The first-order valence-corrected chi connectivity index (χ1v) is 8.83. The van der Waals surface area contributed by atoms with E-state index in [9.17, 15) is 9.59 Å². The fourth-order valence-electron chi connectivity index (χ4n) is 3.11. The molecule has 0 unspecified atom stereocenters. The van der Waals surface area contributed by atoms with Gasteiger partial charge in [-0.1, -0.05) is 29.3 Å². The molecule has 1 aliphatic rings. The number of benzene rings is 2. The summed E-state index contributed by atoms with van der Waals surface area (Å²) in [5.41, 5.74) is 2.45. The van der Waals surface area contributed by atoms with Gasteiger partial charge in [-0.15, -0.1) is 0 Å². The van der Waals surface area contributed by atoms with E-state index >= 15 is 0 Å². The van der Waals surface area contributed by atoms with Crippen molar-refractivity contribution >= 4 is 29.1 Å². The number of nitrogens with one attached hydrogen (secondary N) is 1. The molecule has 0 aliphatic carbocycles. The molecule has 3 rings (SSSR count). The summed E-state index contributed by atoms with van der Waals surface area (Å²) < 4.78 is 0. The maximum absolute atomic E-state index is 12.7. The van der Waals surface area contributed by atoms with E-state index in [2.05, 4.69) is 5.32 Å². The standard InChI is InChI=1S/C20H21ClN2O2/c1-14-4-2-5-15(12-14)20(25)23-11-3-6-16(13-23)19(24)22-18-9-7-17(21)8-10-18/h2,4-5,7-10,12,16H,3,6,11,13H2,1H3,(H,22,24)/t16-/m1/s1. The summed E-state index contributed by atoms with van der Waals surface area (Å²) >= 11 is 5.86. The molecule has 0 radical (unpaired) electrons. The number of halogens is 1. The van der Waals surface area contributed by atoms with E-state index < -0.39 is 0 Å². The molecule has 0 saturated carbocycles. The second kappa shape index (κ2) is 7.70. The molecule has 4 nitrogen and oxygen atoms in total. The molecular formula is C20H21ClN2O2. The van der Waals surface area contributed by atoms with Gasteiger partial charge in [0.1, 0.15) is 0 Å². The zero-order chi connectivity index (χ0) is 17.8. The molecule has 0 spiro atoms. The molecule has 5 heteroatoms. The molecule has 0 aromatic heterocycles. The number of amides is 2. The van der Waals surface area contributed by atoms with E-state index in [0.717, 1.165) is 24.1 Å². The van der Waals surface area contributed by atoms with Crippen LogP contribution in [0, 0.1) is 12.8 Å². The molecule has 25 heavy (non-hydrogen) atoms. The summed E-state index contributed by atoms with van der Waals surface area (Å²) in [6.45, 7) is 3.11. The summed E-state index contributed by atoms with van der Waals surface area (Å²) in [6.07, 6.45) is 1.62. The van der Waals surface area contributed by atoms with Crippen LogP contribution in [0.2, 0.25) is 5.02 Å². The summed E-state index contributed by atoms with van der Waals surface area (Å²) in [4.78, 5) is 27.0. The fourth-order valence-corrected chi connectivity index (χ4v) is 3.24. The van der Waals surface area contributed by atoms with Crippen LogP contribution in [0.15, 0.2) is 48.5 Å². The molecule has 2 aromatic carbocycles. The smallest absolute Gasteiger partial charge is 0.253 e. The van der Waals surface area contributed by atoms with Crippen molar-refractivity contribution in [3.05, 3.63) is 64.7 Å². The highest BCUT2D eigenvalue weighted by atomic mass is 35.5. The minimum absolute atomic E-state index is 0.00677. The van der Waals surface area contributed by atoms with Crippen LogP contribution in [0.3, 0.4) is 0 Å². The van der Waals surface area contributed by atoms with Crippen LogP contribution >= 0.6 is 11.6 Å².